The predicted molar refractivity (Wildman–Crippen MR) is 105 cm³/mol. The van der Waals surface area contributed by atoms with Gasteiger partial charge in [-0.2, -0.15) is 0 Å². The van der Waals surface area contributed by atoms with Gasteiger partial charge in [-0.05, 0) is 13.8 Å². The molecule has 6 nitrogen and oxygen atoms in total. The molecule has 0 aliphatic carbocycles. The summed E-state index contributed by atoms with van der Waals surface area (Å²) in [6.45, 7) is 4.57. The van der Waals surface area contributed by atoms with E-state index in [4.69, 9.17) is 9.47 Å². The summed E-state index contributed by atoms with van der Waals surface area (Å²) in [6, 6.07) is 5.09. The number of pyridine rings is 1. The maximum absolute atomic E-state index is 14.6. The Bertz CT molecular complexity index is 1060. The number of ether oxygens (including phenoxy) is 2. The van der Waals surface area contributed by atoms with Gasteiger partial charge in [0.05, 0.1) is 36.5 Å². The van der Waals surface area contributed by atoms with Gasteiger partial charge in [-0.3, -0.25) is 0 Å². The van der Waals surface area contributed by atoms with E-state index >= 15 is 0 Å². The van der Waals surface area contributed by atoms with Gasteiger partial charge in [0.15, 0.2) is 0 Å². The number of nitrogens with one attached hydrogen (secondary N) is 1. The second-order valence-corrected chi connectivity index (χ2v) is 7.18. The van der Waals surface area contributed by atoms with Crippen molar-refractivity contribution in [1.82, 2.24) is 15.0 Å². The number of rotatable bonds is 6. The Morgan fingerprint density at radius 3 is 2.77 bits per heavy atom. The number of hydrogen-bond acceptors (Lipinski definition) is 6. The highest BCUT2D eigenvalue weighted by Gasteiger charge is 2.21. The number of aryl methyl sites for hydroxylation is 1. The molecule has 3 heterocycles. The minimum absolute atomic E-state index is 0.0668. The Kier molecular flexibility index (Phi) is 5.72. The Labute approximate surface area is 171 Å². The van der Waals surface area contributed by atoms with Crippen molar-refractivity contribution in [1.29, 1.82) is 0 Å². The van der Waals surface area contributed by atoms with Crippen LogP contribution in [0.25, 0.3) is 10.9 Å². The van der Waals surface area contributed by atoms with Gasteiger partial charge < -0.3 is 14.8 Å². The summed E-state index contributed by atoms with van der Waals surface area (Å²) < 4.78 is 51.9. The van der Waals surface area contributed by atoms with Crippen molar-refractivity contribution in [2.24, 2.45) is 0 Å². The molecule has 30 heavy (non-hydrogen) atoms. The molecule has 0 saturated carbocycles. The highest BCUT2D eigenvalue weighted by Crippen LogP contribution is 2.31. The van der Waals surface area contributed by atoms with Gasteiger partial charge in [0.1, 0.15) is 23.6 Å². The summed E-state index contributed by atoms with van der Waals surface area (Å²) in [6.07, 6.45) is -0.581. The highest BCUT2D eigenvalue weighted by molar-refractivity contribution is 5.89. The van der Waals surface area contributed by atoms with Crippen LogP contribution in [0.5, 0.6) is 5.88 Å². The molecule has 0 radical (unpaired) electrons. The van der Waals surface area contributed by atoms with E-state index in [1.54, 1.807) is 26.1 Å². The summed E-state index contributed by atoms with van der Waals surface area (Å²) in [4.78, 5) is 13.1. The van der Waals surface area contributed by atoms with E-state index in [0.29, 0.717) is 41.6 Å². The number of benzene rings is 1. The first kappa shape index (κ1) is 20.3. The van der Waals surface area contributed by atoms with Gasteiger partial charge in [0.25, 0.3) is 6.43 Å². The molecule has 1 fully saturated rings. The molecule has 2 aromatic heterocycles. The summed E-state index contributed by atoms with van der Waals surface area (Å²) in [5.41, 5.74) is 0.100. The van der Waals surface area contributed by atoms with Crippen molar-refractivity contribution >= 4 is 16.7 Å². The summed E-state index contributed by atoms with van der Waals surface area (Å²) >= 11 is 0. The average molecular weight is 418 g/mol. The third-order valence-electron chi connectivity index (χ3n) is 4.96. The fourth-order valence-corrected chi connectivity index (χ4v) is 3.43. The quantitative estimate of drug-likeness (QED) is 0.623. The van der Waals surface area contributed by atoms with Crippen LogP contribution in [0, 0.1) is 12.7 Å². The molecule has 158 valence electrons. The zero-order chi connectivity index (χ0) is 21.3. The van der Waals surface area contributed by atoms with E-state index in [9.17, 15) is 13.2 Å². The normalized spacial score (nSPS) is 17.5. The third-order valence-corrected chi connectivity index (χ3v) is 4.96. The number of aromatic nitrogens is 3. The van der Waals surface area contributed by atoms with Crippen molar-refractivity contribution < 1.29 is 22.6 Å². The first-order valence-electron chi connectivity index (χ1n) is 9.64. The Hall–Kier alpha value is -2.94. The molecule has 3 aromatic rings. The molecule has 0 unspecified atom stereocenters. The van der Waals surface area contributed by atoms with E-state index in [1.807, 2.05) is 0 Å². The average Bonchev–Trinajstić information content (AvgIpc) is 3.21. The molecule has 1 N–H and O–H groups in total. The summed E-state index contributed by atoms with van der Waals surface area (Å²) in [7, 11) is 0. The molecule has 1 saturated heterocycles. The first-order valence-corrected chi connectivity index (χ1v) is 9.64. The standard InChI is InChI=1S/C21H21F3N4O2/c1-11(14-4-3-5-15(19(14)22)20(23)24)26-21-16-8-18(30-13-6-7-29-10-13)25-9-17(16)27-12(2)28-21/h3-5,8-9,11,13,20H,6-7,10H2,1-2H3,(H,26,27,28)/t11-,13+/m1/s1. The molecule has 0 spiro atoms. The maximum Gasteiger partial charge on any atom is 0.266 e. The molecule has 1 aliphatic heterocycles. The van der Waals surface area contributed by atoms with E-state index in [2.05, 4.69) is 20.3 Å². The second-order valence-electron chi connectivity index (χ2n) is 7.18. The third kappa shape index (κ3) is 4.16. The molecule has 0 bridgehead atoms. The zero-order valence-electron chi connectivity index (χ0n) is 16.5. The van der Waals surface area contributed by atoms with Crippen molar-refractivity contribution in [3.8, 4) is 5.88 Å². The summed E-state index contributed by atoms with van der Waals surface area (Å²) in [5.74, 6) is 0.432. The lowest BCUT2D eigenvalue weighted by Gasteiger charge is -2.19. The molecule has 1 aromatic carbocycles. The van der Waals surface area contributed by atoms with Crippen LogP contribution >= 0.6 is 0 Å². The van der Waals surface area contributed by atoms with Crippen molar-refractivity contribution in [3.63, 3.8) is 0 Å². The van der Waals surface area contributed by atoms with Gasteiger partial charge in [-0.1, -0.05) is 18.2 Å². The highest BCUT2D eigenvalue weighted by atomic mass is 19.3. The second kappa shape index (κ2) is 8.43. The topological polar surface area (TPSA) is 69.2 Å². The van der Waals surface area contributed by atoms with E-state index in [1.165, 1.54) is 12.1 Å². The van der Waals surface area contributed by atoms with Crippen LogP contribution in [-0.4, -0.2) is 34.3 Å². The lowest BCUT2D eigenvalue weighted by Crippen LogP contribution is -2.16. The van der Waals surface area contributed by atoms with Crippen LogP contribution in [0.1, 0.15) is 42.8 Å². The number of fused-ring (bicyclic) bond motifs is 1. The molecule has 1 aliphatic rings. The largest absolute Gasteiger partial charge is 0.472 e. The Morgan fingerprint density at radius 2 is 2.03 bits per heavy atom. The number of anilines is 1. The fourth-order valence-electron chi connectivity index (χ4n) is 3.43. The molecule has 2 atom stereocenters. The lowest BCUT2D eigenvalue weighted by molar-refractivity contribution is 0.138. The minimum Gasteiger partial charge on any atom is -0.472 e. The first-order chi connectivity index (χ1) is 14.4. The van der Waals surface area contributed by atoms with Crippen LogP contribution in [-0.2, 0) is 4.74 Å². The van der Waals surface area contributed by atoms with Crippen LogP contribution in [0.3, 0.4) is 0 Å². The molecular formula is C21H21F3N4O2. The van der Waals surface area contributed by atoms with Crippen LogP contribution in [0.2, 0.25) is 0 Å². The van der Waals surface area contributed by atoms with Gasteiger partial charge >= 0.3 is 0 Å². The molecule has 0 amide bonds. The van der Waals surface area contributed by atoms with Crippen LogP contribution < -0.4 is 10.1 Å². The molecule has 9 heteroatoms. The molecular weight excluding hydrogens is 397 g/mol. The fraction of sp³-hybridized carbons (Fsp3) is 0.381. The minimum atomic E-state index is -2.88. The lowest BCUT2D eigenvalue weighted by atomic mass is 10.0. The van der Waals surface area contributed by atoms with E-state index in [-0.39, 0.29) is 11.7 Å². The van der Waals surface area contributed by atoms with Crippen LogP contribution in [0.15, 0.2) is 30.5 Å². The zero-order valence-corrected chi connectivity index (χ0v) is 16.5. The number of nitrogens with zero attached hydrogens (tertiary/aromatic N) is 3. The van der Waals surface area contributed by atoms with Crippen molar-refractivity contribution in [2.75, 3.05) is 18.5 Å². The number of halogens is 3. The monoisotopic (exact) mass is 418 g/mol. The van der Waals surface area contributed by atoms with Crippen molar-refractivity contribution in [3.05, 3.63) is 53.2 Å². The number of hydrogen-bond donors (Lipinski definition) is 1. The van der Waals surface area contributed by atoms with Crippen molar-refractivity contribution in [2.45, 2.75) is 38.8 Å². The van der Waals surface area contributed by atoms with E-state index < -0.39 is 23.8 Å². The van der Waals surface area contributed by atoms with E-state index in [0.717, 1.165) is 12.5 Å². The predicted octanol–water partition coefficient (Wildman–Crippen LogP) is 4.75. The molecule has 4 rings (SSSR count). The number of alkyl halides is 2. The smallest absolute Gasteiger partial charge is 0.266 e. The Morgan fingerprint density at radius 1 is 1.23 bits per heavy atom. The van der Waals surface area contributed by atoms with Crippen LogP contribution in [0.4, 0.5) is 19.0 Å². The van der Waals surface area contributed by atoms with Gasteiger partial charge in [0.2, 0.25) is 5.88 Å². The maximum atomic E-state index is 14.6. The van der Waals surface area contributed by atoms with Gasteiger partial charge in [-0.15, -0.1) is 0 Å². The Balaban J connectivity index is 1.66. The SMILES string of the molecule is Cc1nc(N[C@H](C)c2cccc(C(F)F)c2F)c2cc(O[C@H]3CCOC3)ncc2n1. The van der Waals surface area contributed by atoms with Gasteiger partial charge in [0, 0.05) is 23.4 Å². The van der Waals surface area contributed by atoms with Gasteiger partial charge in [-0.25, -0.2) is 28.1 Å². The summed E-state index contributed by atoms with van der Waals surface area (Å²) in [5, 5.41) is 3.77.